The van der Waals surface area contributed by atoms with E-state index in [1.165, 1.54) is 13.2 Å². The summed E-state index contributed by atoms with van der Waals surface area (Å²) in [5.74, 6) is -0.588. The molecule has 7 nitrogen and oxygen atoms in total. The van der Waals surface area contributed by atoms with Crippen molar-refractivity contribution >= 4 is 21.8 Å². The molecule has 38 heavy (non-hydrogen) atoms. The largest absolute Gasteiger partial charge is 0.497 e. The zero-order valence-corrected chi connectivity index (χ0v) is 23.7. The lowest BCUT2D eigenvalue weighted by Gasteiger charge is -2.37. The van der Waals surface area contributed by atoms with Crippen molar-refractivity contribution in [2.45, 2.75) is 44.8 Å². The van der Waals surface area contributed by atoms with E-state index in [4.69, 9.17) is 23.7 Å². The zero-order chi connectivity index (χ0) is 27.1. The molecule has 1 spiro atoms. The number of halogens is 2. The molecule has 1 unspecified atom stereocenters. The van der Waals surface area contributed by atoms with E-state index >= 15 is 0 Å². The number of carbonyl (C=O) groups is 1. The predicted molar refractivity (Wildman–Crippen MR) is 144 cm³/mol. The minimum Gasteiger partial charge on any atom is -0.497 e. The first-order valence-corrected chi connectivity index (χ1v) is 13.6. The van der Waals surface area contributed by atoms with Crippen LogP contribution in [0.4, 0.5) is 4.39 Å². The monoisotopic (exact) mass is 591 g/mol. The van der Waals surface area contributed by atoms with Gasteiger partial charge in [0.15, 0.2) is 5.79 Å². The summed E-state index contributed by atoms with van der Waals surface area (Å²) in [6.07, 6.45) is 5.20. The Morgan fingerprint density at radius 2 is 1.92 bits per heavy atom. The Morgan fingerprint density at radius 3 is 2.55 bits per heavy atom. The van der Waals surface area contributed by atoms with Crippen molar-refractivity contribution < 1.29 is 32.9 Å². The number of ether oxygens (including phenoxy) is 5. The summed E-state index contributed by atoms with van der Waals surface area (Å²) in [6, 6.07) is 10.4. The molecule has 2 aromatic rings. The summed E-state index contributed by atoms with van der Waals surface area (Å²) in [5.41, 5.74) is 1.70. The molecule has 2 atom stereocenters. The second kappa shape index (κ2) is 13.2. The van der Waals surface area contributed by atoms with Crippen LogP contribution in [0.2, 0.25) is 0 Å². The molecule has 0 radical (unpaired) electrons. The summed E-state index contributed by atoms with van der Waals surface area (Å²) < 4.78 is 43.2. The Labute approximate surface area is 232 Å². The van der Waals surface area contributed by atoms with Gasteiger partial charge in [-0.3, -0.25) is 4.79 Å². The van der Waals surface area contributed by atoms with Gasteiger partial charge < -0.3 is 28.6 Å². The van der Waals surface area contributed by atoms with Gasteiger partial charge in [0, 0.05) is 30.1 Å². The van der Waals surface area contributed by atoms with Crippen LogP contribution in [0, 0.1) is 11.7 Å². The first kappa shape index (κ1) is 28.7. The number of amides is 1. The number of benzene rings is 2. The van der Waals surface area contributed by atoms with E-state index in [9.17, 15) is 9.18 Å². The first-order chi connectivity index (χ1) is 18.3. The molecule has 2 aliphatic rings. The Morgan fingerprint density at radius 1 is 1.18 bits per heavy atom. The van der Waals surface area contributed by atoms with Crippen LogP contribution in [0.1, 0.15) is 41.3 Å². The fraction of sp³-hybridized carbons (Fsp3) is 0.483. The molecular formula is C29H35BrFNO6. The molecule has 9 heteroatoms. The van der Waals surface area contributed by atoms with E-state index in [2.05, 4.69) is 15.9 Å². The Balaban J connectivity index is 1.48. The minimum absolute atomic E-state index is 0.0388. The quantitative estimate of drug-likeness (QED) is 0.321. The van der Waals surface area contributed by atoms with Crippen molar-refractivity contribution in [3.8, 4) is 5.75 Å². The second-order valence-electron chi connectivity index (χ2n) is 9.76. The fourth-order valence-corrected chi connectivity index (χ4v) is 5.35. The fourth-order valence-electron chi connectivity index (χ4n) is 4.79. The highest BCUT2D eigenvalue weighted by atomic mass is 79.9. The number of hydrogen-bond donors (Lipinski definition) is 0. The molecule has 1 heterocycles. The number of methoxy groups -OCH3 is 2. The van der Waals surface area contributed by atoms with Gasteiger partial charge in [0.05, 0.1) is 51.7 Å². The summed E-state index contributed by atoms with van der Waals surface area (Å²) in [6.45, 7) is 4.65. The van der Waals surface area contributed by atoms with Crippen molar-refractivity contribution in [2.24, 2.45) is 5.92 Å². The predicted octanol–water partition coefficient (Wildman–Crippen LogP) is 5.50. The van der Waals surface area contributed by atoms with Gasteiger partial charge in [-0.15, -0.1) is 0 Å². The van der Waals surface area contributed by atoms with Gasteiger partial charge in [0.25, 0.3) is 5.91 Å². The lowest BCUT2D eigenvalue weighted by Crippen LogP contribution is -2.46. The average Bonchev–Trinajstić information content (AvgIpc) is 3.38. The Kier molecular flexibility index (Phi) is 9.95. The molecule has 2 aromatic carbocycles. The van der Waals surface area contributed by atoms with E-state index in [1.807, 2.05) is 43.3 Å². The van der Waals surface area contributed by atoms with Crippen LogP contribution in [0.15, 0.2) is 53.0 Å². The normalized spacial score (nSPS) is 19.0. The lowest BCUT2D eigenvalue weighted by atomic mass is 9.94. The topological polar surface area (TPSA) is 66.5 Å². The van der Waals surface area contributed by atoms with Crippen molar-refractivity contribution in [1.29, 1.82) is 0 Å². The van der Waals surface area contributed by atoms with Crippen LogP contribution in [0.25, 0.3) is 0 Å². The molecule has 0 aromatic heterocycles. The third kappa shape index (κ3) is 7.01. The minimum atomic E-state index is -0.702. The Hall–Kier alpha value is -2.30. The summed E-state index contributed by atoms with van der Waals surface area (Å²) in [5, 5.41) is 0. The molecule has 4 rings (SSSR count). The molecule has 0 bridgehead atoms. The van der Waals surface area contributed by atoms with E-state index in [1.54, 1.807) is 18.1 Å². The van der Waals surface area contributed by atoms with Crippen molar-refractivity contribution in [2.75, 3.05) is 40.6 Å². The van der Waals surface area contributed by atoms with Gasteiger partial charge in [-0.05, 0) is 64.2 Å². The number of rotatable bonds is 11. The maximum Gasteiger partial charge on any atom is 0.255 e. The Bertz CT molecular complexity index is 1120. The van der Waals surface area contributed by atoms with Gasteiger partial charge in [0.1, 0.15) is 11.6 Å². The SMILES string of the molecule is COCc1cc(Br)c(C(=O)N(C[C@@H](C)COCc2ccc(OC)cc2)C2C=CC3(CC2)OCCO3)cc1F. The van der Waals surface area contributed by atoms with Gasteiger partial charge >= 0.3 is 0 Å². The van der Waals surface area contributed by atoms with Crippen molar-refractivity contribution in [3.63, 3.8) is 0 Å². The molecule has 1 saturated heterocycles. The lowest BCUT2D eigenvalue weighted by molar-refractivity contribution is -0.127. The number of hydrogen-bond acceptors (Lipinski definition) is 6. The van der Waals surface area contributed by atoms with Crippen LogP contribution in [-0.2, 0) is 32.2 Å². The van der Waals surface area contributed by atoms with Gasteiger partial charge in [-0.25, -0.2) is 4.39 Å². The first-order valence-electron chi connectivity index (χ1n) is 12.8. The highest BCUT2D eigenvalue weighted by molar-refractivity contribution is 9.10. The maximum absolute atomic E-state index is 14.8. The van der Waals surface area contributed by atoms with Crippen LogP contribution >= 0.6 is 15.9 Å². The van der Waals surface area contributed by atoms with Crippen molar-refractivity contribution in [3.05, 3.63) is 75.5 Å². The molecule has 0 saturated carbocycles. The number of carbonyl (C=O) groups excluding carboxylic acids is 1. The highest BCUT2D eigenvalue weighted by Crippen LogP contribution is 2.34. The van der Waals surface area contributed by atoms with Crippen molar-refractivity contribution in [1.82, 2.24) is 4.90 Å². The third-order valence-electron chi connectivity index (χ3n) is 6.80. The van der Waals surface area contributed by atoms with Crippen LogP contribution in [-0.4, -0.2) is 63.2 Å². The standard InChI is InChI=1S/C29H35BrFNO6/c1-20(17-36-18-21-4-6-24(35-3)7-5-21)16-32(23-8-10-29(11-9-23)37-12-13-38-29)28(33)25-15-27(31)22(19-34-2)14-26(25)30/h4-8,10,14-15,20,23H,9,11-13,16-19H2,1-3H3/t20-,23?/m1/s1. The summed E-state index contributed by atoms with van der Waals surface area (Å²) in [4.78, 5) is 15.6. The highest BCUT2D eigenvalue weighted by Gasteiger charge is 2.39. The third-order valence-corrected chi connectivity index (χ3v) is 7.46. The molecule has 1 fully saturated rings. The van der Waals surface area contributed by atoms with E-state index in [0.29, 0.717) is 55.9 Å². The van der Waals surface area contributed by atoms with Gasteiger partial charge in [0.2, 0.25) is 0 Å². The smallest absolute Gasteiger partial charge is 0.255 e. The van der Waals surface area contributed by atoms with Crippen LogP contribution < -0.4 is 4.74 Å². The molecule has 1 aliphatic heterocycles. The number of nitrogens with zero attached hydrogens (tertiary/aromatic N) is 1. The van der Waals surface area contributed by atoms with E-state index < -0.39 is 11.6 Å². The summed E-state index contributed by atoms with van der Waals surface area (Å²) >= 11 is 3.48. The van der Waals surface area contributed by atoms with Gasteiger partial charge in [-0.2, -0.15) is 0 Å². The van der Waals surface area contributed by atoms with Gasteiger partial charge in [-0.1, -0.05) is 25.1 Å². The average molecular weight is 593 g/mol. The molecule has 206 valence electrons. The van der Waals surface area contributed by atoms with Crippen LogP contribution in [0.3, 0.4) is 0 Å². The molecule has 0 N–H and O–H groups in total. The van der Waals surface area contributed by atoms with E-state index in [0.717, 1.165) is 11.3 Å². The van der Waals surface area contributed by atoms with E-state index in [-0.39, 0.29) is 30.0 Å². The second-order valence-corrected chi connectivity index (χ2v) is 10.6. The maximum atomic E-state index is 14.8. The molecule has 1 amide bonds. The molecule has 1 aliphatic carbocycles. The molecular weight excluding hydrogens is 557 g/mol. The summed E-state index contributed by atoms with van der Waals surface area (Å²) in [7, 11) is 3.14. The zero-order valence-electron chi connectivity index (χ0n) is 22.1. The van der Waals surface area contributed by atoms with Crippen LogP contribution in [0.5, 0.6) is 5.75 Å².